The van der Waals surface area contributed by atoms with Crippen LogP contribution in [0, 0.1) is 5.41 Å². The van der Waals surface area contributed by atoms with Gasteiger partial charge in [-0.3, -0.25) is 0 Å². The topological polar surface area (TPSA) is 29.0 Å². The molecule has 2 heterocycles. The van der Waals surface area contributed by atoms with Gasteiger partial charge < -0.3 is 4.90 Å². The highest BCUT2D eigenvalue weighted by Gasteiger charge is 2.37. The van der Waals surface area contributed by atoms with E-state index in [0.29, 0.717) is 16.5 Å². The van der Waals surface area contributed by atoms with Gasteiger partial charge in [0.25, 0.3) is 0 Å². The average Bonchev–Trinajstić information content (AvgIpc) is 2.77. The van der Waals surface area contributed by atoms with E-state index in [4.69, 9.17) is 0 Å². The summed E-state index contributed by atoms with van der Waals surface area (Å²) in [6, 6.07) is 0. The molecule has 0 aromatic carbocycles. The lowest BCUT2D eigenvalue weighted by Gasteiger charge is -2.40. The van der Waals surface area contributed by atoms with Gasteiger partial charge in [0.1, 0.15) is 0 Å². The standard InChI is InChI=1S/C12H18F3N3S/c1-3-5-11(2)6-4-7-18(8-11)10-17-16-9(19-10)12(13,14)15/h3-8H2,1-2H3. The van der Waals surface area contributed by atoms with E-state index in [1.165, 1.54) is 0 Å². The van der Waals surface area contributed by atoms with Crippen molar-refractivity contribution in [1.29, 1.82) is 0 Å². The predicted octanol–water partition coefficient (Wildman–Crippen LogP) is 3.96. The summed E-state index contributed by atoms with van der Waals surface area (Å²) in [6.07, 6.45) is -0.0825. The summed E-state index contributed by atoms with van der Waals surface area (Å²) < 4.78 is 37.6. The Morgan fingerprint density at radius 2 is 2.11 bits per heavy atom. The Morgan fingerprint density at radius 3 is 2.68 bits per heavy atom. The maximum absolute atomic E-state index is 12.5. The van der Waals surface area contributed by atoms with E-state index in [-0.39, 0.29) is 5.41 Å². The van der Waals surface area contributed by atoms with Gasteiger partial charge >= 0.3 is 6.18 Å². The number of rotatable bonds is 3. The maximum atomic E-state index is 12.5. The van der Waals surface area contributed by atoms with E-state index in [1.807, 2.05) is 4.90 Å². The minimum Gasteiger partial charge on any atom is -0.346 e. The highest BCUT2D eigenvalue weighted by Crippen LogP contribution is 2.39. The largest absolute Gasteiger partial charge is 0.445 e. The maximum Gasteiger partial charge on any atom is 0.445 e. The van der Waals surface area contributed by atoms with E-state index in [1.54, 1.807) is 0 Å². The van der Waals surface area contributed by atoms with Gasteiger partial charge in [-0.15, -0.1) is 10.2 Å². The van der Waals surface area contributed by atoms with E-state index >= 15 is 0 Å². The van der Waals surface area contributed by atoms with Crippen LogP contribution in [-0.4, -0.2) is 23.3 Å². The molecule has 1 aromatic heterocycles. The van der Waals surface area contributed by atoms with Crippen LogP contribution in [0.3, 0.4) is 0 Å². The van der Waals surface area contributed by atoms with Crippen LogP contribution in [0.15, 0.2) is 0 Å². The number of nitrogens with zero attached hydrogens (tertiary/aromatic N) is 3. The first-order valence-electron chi connectivity index (χ1n) is 6.50. The molecule has 0 saturated carbocycles. The Balaban J connectivity index is 2.11. The van der Waals surface area contributed by atoms with E-state index in [0.717, 1.165) is 38.8 Å². The summed E-state index contributed by atoms with van der Waals surface area (Å²) in [4.78, 5) is 1.95. The Morgan fingerprint density at radius 1 is 1.37 bits per heavy atom. The Kier molecular flexibility index (Phi) is 4.03. The van der Waals surface area contributed by atoms with Crippen LogP contribution in [0.4, 0.5) is 18.3 Å². The zero-order valence-electron chi connectivity index (χ0n) is 11.1. The van der Waals surface area contributed by atoms with Crippen LogP contribution in [0.1, 0.15) is 44.5 Å². The summed E-state index contributed by atoms with van der Waals surface area (Å²) >= 11 is 0.644. The van der Waals surface area contributed by atoms with Crippen LogP contribution in [0.2, 0.25) is 0 Å². The highest BCUT2D eigenvalue weighted by atomic mass is 32.1. The lowest BCUT2D eigenvalue weighted by Crippen LogP contribution is -2.41. The van der Waals surface area contributed by atoms with E-state index in [9.17, 15) is 13.2 Å². The molecular formula is C12H18F3N3S. The molecule has 1 unspecified atom stereocenters. The summed E-state index contributed by atoms with van der Waals surface area (Å²) in [5.74, 6) is 0. The zero-order valence-corrected chi connectivity index (χ0v) is 11.9. The number of aromatic nitrogens is 2. The quantitative estimate of drug-likeness (QED) is 0.844. The van der Waals surface area contributed by atoms with Gasteiger partial charge in [0.05, 0.1) is 0 Å². The molecular weight excluding hydrogens is 275 g/mol. The van der Waals surface area contributed by atoms with Crippen LogP contribution >= 0.6 is 11.3 Å². The molecule has 0 radical (unpaired) electrons. The molecule has 1 fully saturated rings. The third-order valence-electron chi connectivity index (χ3n) is 3.56. The van der Waals surface area contributed by atoms with Gasteiger partial charge in [-0.2, -0.15) is 13.2 Å². The minimum atomic E-state index is -4.39. The molecule has 1 atom stereocenters. The SMILES string of the molecule is CCCC1(C)CCCN(c2nnc(C(F)(F)F)s2)C1. The fourth-order valence-corrected chi connectivity index (χ4v) is 3.48. The normalized spacial score (nSPS) is 24.8. The van der Waals surface area contributed by atoms with Crippen molar-refractivity contribution in [2.45, 2.75) is 45.7 Å². The van der Waals surface area contributed by atoms with Gasteiger partial charge in [-0.05, 0) is 24.7 Å². The Bertz CT molecular complexity index is 428. The molecule has 108 valence electrons. The Hall–Kier alpha value is -0.850. The molecule has 1 aliphatic heterocycles. The molecule has 0 aliphatic carbocycles. The van der Waals surface area contributed by atoms with Gasteiger partial charge in [0.2, 0.25) is 10.1 Å². The molecule has 1 saturated heterocycles. The predicted molar refractivity (Wildman–Crippen MR) is 69.4 cm³/mol. The molecule has 3 nitrogen and oxygen atoms in total. The first kappa shape index (κ1) is 14.6. The summed E-state index contributed by atoms with van der Waals surface area (Å²) in [7, 11) is 0. The number of hydrogen-bond donors (Lipinski definition) is 0. The minimum absolute atomic E-state index is 0.178. The van der Waals surface area contributed by atoms with Gasteiger partial charge in [-0.25, -0.2) is 0 Å². The molecule has 0 amide bonds. The third-order valence-corrected chi connectivity index (χ3v) is 4.59. The first-order chi connectivity index (χ1) is 8.84. The van der Waals surface area contributed by atoms with Crippen LogP contribution < -0.4 is 4.90 Å². The number of piperidine rings is 1. The van der Waals surface area contributed by atoms with Crippen molar-refractivity contribution in [3.8, 4) is 0 Å². The molecule has 19 heavy (non-hydrogen) atoms. The van der Waals surface area contributed by atoms with E-state index < -0.39 is 11.2 Å². The molecule has 7 heteroatoms. The molecule has 2 rings (SSSR count). The smallest absolute Gasteiger partial charge is 0.346 e. The van der Waals surface area contributed by atoms with Gasteiger partial charge in [0, 0.05) is 13.1 Å². The number of alkyl halides is 3. The van der Waals surface area contributed by atoms with Crippen molar-refractivity contribution < 1.29 is 13.2 Å². The van der Waals surface area contributed by atoms with Crippen molar-refractivity contribution in [3.05, 3.63) is 5.01 Å². The van der Waals surface area contributed by atoms with Crippen LogP contribution in [0.5, 0.6) is 0 Å². The van der Waals surface area contributed by atoms with Crippen molar-refractivity contribution in [1.82, 2.24) is 10.2 Å². The number of hydrogen-bond acceptors (Lipinski definition) is 4. The lowest BCUT2D eigenvalue weighted by molar-refractivity contribution is -0.138. The fraction of sp³-hybridized carbons (Fsp3) is 0.833. The highest BCUT2D eigenvalue weighted by molar-refractivity contribution is 7.15. The lowest BCUT2D eigenvalue weighted by atomic mass is 9.78. The molecule has 0 N–H and O–H groups in total. The van der Waals surface area contributed by atoms with E-state index in [2.05, 4.69) is 24.0 Å². The fourth-order valence-electron chi connectivity index (χ4n) is 2.74. The summed E-state index contributed by atoms with van der Waals surface area (Å²) in [5, 5.41) is 6.51. The monoisotopic (exact) mass is 293 g/mol. The number of halogens is 3. The van der Waals surface area contributed by atoms with Crippen molar-refractivity contribution in [2.75, 3.05) is 18.0 Å². The Labute approximate surface area is 114 Å². The summed E-state index contributed by atoms with van der Waals surface area (Å²) in [5.41, 5.74) is 0.178. The second kappa shape index (κ2) is 5.26. The molecule has 0 spiro atoms. The second-order valence-corrected chi connectivity index (χ2v) is 6.43. The van der Waals surface area contributed by atoms with Gasteiger partial charge in [-0.1, -0.05) is 31.6 Å². The van der Waals surface area contributed by atoms with Crippen molar-refractivity contribution >= 4 is 16.5 Å². The summed E-state index contributed by atoms with van der Waals surface area (Å²) in [6.45, 7) is 5.88. The molecule has 1 aromatic rings. The zero-order chi connectivity index (χ0) is 14.1. The number of anilines is 1. The second-order valence-electron chi connectivity index (χ2n) is 5.47. The average molecular weight is 293 g/mol. The molecule has 1 aliphatic rings. The van der Waals surface area contributed by atoms with Crippen LogP contribution in [-0.2, 0) is 6.18 Å². The molecule has 0 bridgehead atoms. The first-order valence-corrected chi connectivity index (χ1v) is 7.31. The van der Waals surface area contributed by atoms with Crippen molar-refractivity contribution in [2.24, 2.45) is 5.41 Å². The third kappa shape index (κ3) is 3.38. The van der Waals surface area contributed by atoms with Crippen molar-refractivity contribution in [3.63, 3.8) is 0 Å². The van der Waals surface area contributed by atoms with Crippen LogP contribution in [0.25, 0.3) is 0 Å². The van der Waals surface area contributed by atoms with Gasteiger partial charge in [0.15, 0.2) is 0 Å².